The fourth-order valence-corrected chi connectivity index (χ4v) is 3.59. The van der Waals surface area contributed by atoms with Crippen LogP contribution >= 0.6 is 23.2 Å². The summed E-state index contributed by atoms with van der Waals surface area (Å²) in [5.74, 6) is 0.0340. The van der Waals surface area contributed by atoms with E-state index in [1.54, 1.807) is 72.8 Å². The van der Waals surface area contributed by atoms with Crippen LogP contribution in [0.1, 0.15) is 31.8 Å². The molecule has 164 valence electrons. The molecule has 0 aliphatic carbocycles. The number of rotatable bonds is 7. The standard InChI is InChI=1S/C27H19Cl2NO3/c28-21-12-15-25(23(16-21)26(31)18-6-2-1-3-7-18)30-27(32)19-10-13-22(14-11-19)33-17-20-8-4-5-9-24(20)29/h1-16H,17H2,(H,30,32). The van der Waals surface area contributed by atoms with Gasteiger partial charge in [-0.3, -0.25) is 9.59 Å². The van der Waals surface area contributed by atoms with Gasteiger partial charge in [-0.2, -0.15) is 0 Å². The van der Waals surface area contributed by atoms with Crippen LogP contribution in [-0.2, 0) is 6.61 Å². The minimum absolute atomic E-state index is 0.225. The molecule has 0 radical (unpaired) electrons. The van der Waals surface area contributed by atoms with Crippen molar-refractivity contribution < 1.29 is 14.3 Å². The lowest BCUT2D eigenvalue weighted by Crippen LogP contribution is -2.15. The lowest BCUT2D eigenvalue weighted by Gasteiger charge is -2.12. The third-order valence-electron chi connectivity index (χ3n) is 4.98. The van der Waals surface area contributed by atoms with Crippen LogP contribution in [-0.4, -0.2) is 11.7 Å². The highest BCUT2D eigenvalue weighted by atomic mass is 35.5. The number of benzene rings is 4. The van der Waals surface area contributed by atoms with Crippen molar-refractivity contribution in [1.29, 1.82) is 0 Å². The maximum absolute atomic E-state index is 13.0. The zero-order chi connectivity index (χ0) is 23.2. The first-order valence-corrected chi connectivity index (χ1v) is 10.9. The predicted octanol–water partition coefficient (Wildman–Crippen LogP) is 7.06. The van der Waals surface area contributed by atoms with Gasteiger partial charge in [0.05, 0.1) is 5.69 Å². The predicted molar refractivity (Wildman–Crippen MR) is 132 cm³/mol. The summed E-state index contributed by atoms with van der Waals surface area (Å²) in [6.07, 6.45) is 0. The van der Waals surface area contributed by atoms with Gasteiger partial charge in [0.15, 0.2) is 5.78 Å². The van der Waals surface area contributed by atoms with Crippen molar-refractivity contribution in [2.75, 3.05) is 5.32 Å². The number of hydrogen-bond donors (Lipinski definition) is 1. The maximum atomic E-state index is 13.0. The first kappa shape index (κ1) is 22.6. The van der Waals surface area contributed by atoms with Crippen LogP contribution in [0.15, 0.2) is 97.1 Å². The first-order valence-electron chi connectivity index (χ1n) is 10.2. The molecule has 0 saturated carbocycles. The minimum atomic E-state index is -0.350. The Morgan fingerprint density at radius 1 is 0.758 bits per heavy atom. The monoisotopic (exact) mass is 475 g/mol. The molecule has 6 heteroatoms. The van der Waals surface area contributed by atoms with E-state index >= 15 is 0 Å². The topological polar surface area (TPSA) is 55.4 Å². The first-order chi connectivity index (χ1) is 16.0. The SMILES string of the molecule is O=C(Nc1ccc(Cl)cc1C(=O)c1ccccc1)c1ccc(OCc2ccccc2Cl)cc1. The van der Waals surface area contributed by atoms with Gasteiger partial charge in [0.25, 0.3) is 5.91 Å². The van der Waals surface area contributed by atoms with Crippen LogP contribution in [0.2, 0.25) is 10.0 Å². The summed E-state index contributed by atoms with van der Waals surface area (Å²) in [6.45, 7) is 0.320. The van der Waals surface area contributed by atoms with E-state index in [0.29, 0.717) is 44.8 Å². The maximum Gasteiger partial charge on any atom is 0.255 e. The van der Waals surface area contributed by atoms with Crippen LogP contribution in [0.25, 0.3) is 0 Å². The molecule has 0 spiro atoms. The van der Waals surface area contributed by atoms with E-state index in [-0.39, 0.29) is 11.7 Å². The van der Waals surface area contributed by atoms with Gasteiger partial charge in [-0.05, 0) is 48.5 Å². The molecule has 0 aliphatic rings. The number of halogens is 2. The minimum Gasteiger partial charge on any atom is -0.489 e. The zero-order valence-electron chi connectivity index (χ0n) is 17.4. The third-order valence-corrected chi connectivity index (χ3v) is 5.58. The molecule has 4 nitrogen and oxygen atoms in total. The Kier molecular flexibility index (Phi) is 7.08. The lowest BCUT2D eigenvalue weighted by atomic mass is 10.0. The number of hydrogen-bond acceptors (Lipinski definition) is 3. The number of amides is 1. The Morgan fingerprint density at radius 3 is 2.18 bits per heavy atom. The molecule has 0 bridgehead atoms. The molecule has 0 fully saturated rings. The van der Waals surface area contributed by atoms with E-state index in [2.05, 4.69) is 5.32 Å². The van der Waals surface area contributed by atoms with E-state index in [1.807, 2.05) is 24.3 Å². The van der Waals surface area contributed by atoms with Gasteiger partial charge < -0.3 is 10.1 Å². The van der Waals surface area contributed by atoms with E-state index < -0.39 is 0 Å². The molecule has 0 aliphatic heterocycles. The molecule has 0 heterocycles. The highest BCUT2D eigenvalue weighted by Crippen LogP contribution is 2.25. The van der Waals surface area contributed by atoms with E-state index in [1.165, 1.54) is 0 Å². The highest BCUT2D eigenvalue weighted by Gasteiger charge is 2.17. The average Bonchev–Trinajstić information content (AvgIpc) is 2.85. The number of anilines is 1. The van der Waals surface area contributed by atoms with Gasteiger partial charge in [0, 0.05) is 32.3 Å². The molecule has 4 rings (SSSR count). The average molecular weight is 476 g/mol. The summed E-state index contributed by atoms with van der Waals surface area (Å²) in [4.78, 5) is 25.8. The van der Waals surface area contributed by atoms with E-state index in [4.69, 9.17) is 27.9 Å². The lowest BCUT2D eigenvalue weighted by molar-refractivity contribution is 0.102. The quantitative estimate of drug-likeness (QED) is 0.291. The zero-order valence-corrected chi connectivity index (χ0v) is 18.9. The smallest absolute Gasteiger partial charge is 0.255 e. The molecule has 33 heavy (non-hydrogen) atoms. The van der Waals surface area contributed by atoms with Gasteiger partial charge >= 0.3 is 0 Å². The molecule has 0 atom stereocenters. The Hall–Kier alpha value is -3.60. The number of nitrogens with one attached hydrogen (secondary N) is 1. The second-order valence-corrected chi connectivity index (χ2v) is 8.09. The van der Waals surface area contributed by atoms with Gasteiger partial charge in [0.1, 0.15) is 12.4 Å². The van der Waals surface area contributed by atoms with Gasteiger partial charge in [-0.25, -0.2) is 0 Å². The molecule has 4 aromatic carbocycles. The molecule has 4 aromatic rings. The molecule has 0 saturated heterocycles. The van der Waals surface area contributed by atoms with Crippen molar-refractivity contribution in [1.82, 2.24) is 0 Å². The summed E-state index contributed by atoms with van der Waals surface area (Å²) in [7, 11) is 0. The summed E-state index contributed by atoms with van der Waals surface area (Å²) < 4.78 is 5.76. The molecule has 0 unspecified atom stereocenters. The number of ether oxygens (including phenoxy) is 1. The van der Waals surface area contributed by atoms with E-state index in [0.717, 1.165) is 5.56 Å². The van der Waals surface area contributed by atoms with Crippen molar-refractivity contribution in [2.24, 2.45) is 0 Å². The Balaban J connectivity index is 1.47. The van der Waals surface area contributed by atoms with Crippen molar-refractivity contribution in [2.45, 2.75) is 6.61 Å². The summed E-state index contributed by atoms with van der Waals surface area (Å²) in [5, 5.41) is 3.86. The van der Waals surface area contributed by atoms with Crippen molar-refractivity contribution in [3.8, 4) is 5.75 Å². The molecule has 0 aromatic heterocycles. The number of ketones is 1. The molecule has 1 N–H and O–H groups in total. The van der Waals surface area contributed by atoms with Crippen LogP contribution in [0.4, 0.5) is 5.69 Å². The molecular weight excluding hydrogens is 457 g/mol. The van der Waals surface area contributed by atoms with E-state index in [9.17, 15) is 9.59 Å². The van der Waals surface area contributed by atoms with Crippen molar-refractivity contribution >= 4 is 40.6 Å². The van der Waals surface area contributed by atoms with Gasteiger partial charge in [-0.1, -0.05) is 71.7 Å². The van der Waals surface area contributed by atoms with Crippen LogP contribution in [0, 0.1) is 0 Å². The van der Waals surface area contributed by atoms with Crippen LogP contribution in [0.3, 0.4) is 0 Å². The highest BCUT2D eigenvalue weighted by molar-refractivity contribution is 6.31. The summed E-state index contributed by atoms with van der Waals surface area (Å²) in [5.41, 5.74) is 2.52. The van der Waals surface area contributed by atoms with Gasteiger partial charge in [0.2, 0.25) is 0 Å². The second-order valence-electron chi connectivity index (χ2n) is 7.24. The Bertz CT molecular complexity index is 1290. The second kappa shape index (κ2) is 10.3. The normalized spacial score (nSPS) is 10.5. The van der Waals surface area contributed by atoms with Crippen LogP contribution < -0.4 is 10.1 Å². The van der Waals surface area contributed by atoms with Crippen molar-refractivity contribution in [3.63, 3.8) is 0 Å². The largest absolute Gasteiger partial charge is 0.489 e. The number of carbonyl (C=O) groups is 2. The fourth-order valence-electron chi connectivity index (χ4n) is 3.23. The Labute approximate surface area is 201 Å². The summed E-state index contributed by atoms with van der Waals surface area (Å²) >= 11 is 12.3. The Morgan fingerprint density at radius 2 is 1.45 bits per heavy atom. The van der Waals surface area contributed by atoms with Gasteiger partial charge in [-0.15, -0.1) is 0 Å². The van der Waals surface area contributed by atoms with Crippen LogP contribution in [0.5, 0.6) is 5.75 Å². The third kappa shape index (κ3) is 5.61. The molecular formula is C27H19Cl2NO3. The molecule has 1 amide bonds. The summed E-state index contributed by atoms with van der Waals surface area (Å²) in [6, 6.07) is 27.8. The van der Waals surface area contributed by atoms with Crippen molar-refractivity contribution in [3.05, 3.63) is 129 Å². The number of carbonyl (C=O) groups excluding carboxylic acids is 2. The fraction of sp³-hybridized carbons (Fsp3) is 0.0370.